The van der Waals surface area contributed by atoms with Crippen LogP contribution in [-0.4, -0.2) is 18.7 Å². The summed E-state index contributed by atoms with van der Waals surface area (Å²) in [6.45, 7) is 4.03. The van der Waals surface area contributed by atoms with Crippen LogP contribution in [0.1, 0.15) is 40.1 Å². The predicted octanol–water partition coefficient (Wildman–Crippen LogP) is 3.63. The maximum atomic E-state index is 14.0. The number of thiophene rings is 1. The fourth-order valence-corrected chi connectivity index (χ4v) is 6.94. The third-order valence-corrected chi connectivity index (χ3v) is 8.68. The van der Waals surface area contributed by atoms with Crippen LogP contribution >= 0.6 is 23.1 Å². The highest BCUT2D eigenvalue weighted by atomic mass is 32.2. The molecule has 1 aliphatic carbocycles. The smallest absolute Gasteiger partial charge is 0.300 e. The fourth-order valence-electron chi connectivity index (χ4n) is 4.61. The maximum Gasteiger partial charge on any atom is 0.330 e. The maximum absolute atomic E-state index is 14.0. The van der Waals surface area contributed by atoms with Crippen molar-refractivity contribution < 1.29 is 0 Å². The number of aromatic nitrogens is 4. The quantitative estimate of drug-likeness (QED) is 0.320. The van der Waals surface area contributed by atoms with Crippen molar-refractivity contribution in [2.45, 2.75) is 50.4 Å². The van der Waals surface area contributed by atoms with Crippen LogP contribution in [0, 0.1) is 13.8 Å². The number of thioether (sulfide) groups is 1. The summed E-state index contributed by atoms with van der Waals surface area (Å²) in [5.74, 6) is 0.343. The van der Waals surface area contributed by atoms with E-state index in [-0.39, 0.29) is 16.8 Å². The molecule has 9 heteroatoms. The third kappa shape index (κ3) is 3.76. The number of fused-ring (bicyclic) bond motifs is 3. The number of hydrogen-bond donors (Lipinski definition) is 0. The summed E-state index contributed by atoms with van der Waals surface area (Å²) in [7, 11) is 3.12. The number of benzene rings is 1. The zero-order chi connectivity index (χ0) is 24.1. The minimum absolute atomic E-state index is 0.0447. The topological polar surface area (TPSA) is 78.9 Å². The Morgan fingerprint density at radius 1 is 1.03 bits per heavy atom. The molecule has 0 spiro atoms. The highest BCUT2D eigenvalue weighted by Crippen LogP contribution is 2.36. The van der Waals surface area contributed by atoms with Crippen LogP contribution in [-0.2, 0) is 32.7 Å². The zero-order valence-electron chi connectivity index (χ0n) is 19.7. The van der Waals surface area contributed by atoms with Gasteiger partial charge in [0, 0.05) is 36.5 Å². The summed E-state index contributed by atoms with van der Waals surface area (Å²) in [6, 6.07) is 7.50. The van der Waals surface area contributed by atoms with E-state index in [9.17, 15) is 14.4 Å². The van der Waals surface area contributed by atoms with Crippen molar-refractivity contribution in [1.82, 2.24) is 18.7 Å². The largest absolute Gasteiger partial charge is 0.330 e. The highest BCUT2D eigenvalue weighted by Gasteiger charge is 2.23. The Morgan fingerprint density at radius 2 is 1.79 bits per heavy atom. The third-order valence-electron chi connectivity index (χ3n) is 6.53. The van der Waals surface area contributed by atoms with Crippen LogP contribution in [0.2, 0.25) is 0 Å². The van der Waals surface area contributed by atoms with E-state index in [0.717, 1.165) is 62.8 Å². The van der Waals surface area contributed by atoms with Crippen LogP contribution in [0.5, 0.6) is 0 Å². The van der Waals surface area contributed by atoms with Gasteiger partial charge < -0.3 is 0 Å². The normalized spacial score (nSPS) is 13.4. The Balaban J connectivity index is 1.70. The van der Waals surface area contributed by atoms with Crippen molar-refractivity contribution in [2.75, 3.05) is 0 Å². The first-order chi connectivity index (χ1) is 16.3. The molecule has 0 saturated carbocycles. The summed E-state index contributed by atoms with van der Waals surface area (Å²) >= 11 is 2.99. The molecule has 1 aliphatic rings. The van der Waals surface area contributed by atoms with Crippen LogP contribution in [0.3, 0.4) is 0 Å². The van der Waals surface area contributed by atoms with Crippen molar-refractivity contribution in [3.05, 3.63) is 82.7 Å². The van der Waals surface area contributed by atoms with Gasteiger partial charge in [-0.05, 0) is 56.7 Å². The van der Waals surface area contributed by atoms with Gasteiger partial charge in [-0.2, -0.15) is 0 Å². The molecule has 0 fully saturated rings. The zero-order valence-corrected chi connectivity index (χ0v) is 21.3. The Bertz CT molecular complexity index is 1620. The van der Waals surface area contributed by atoms with Crippen LogP contribution in [0.4, 0.5) is 0 Å². The van der Waals surface area contributed by atoms with Crippen molar-refractivity contribution in [2.24, 2.45) is 14.1 Å². The molecule has 7 nitrogen and oxygen atoms in total. The van der Waals surface area contributed by atoms with E-state index in [0.29, 0.717) is 16.6 Å². The number of nitrogens with zero attached hydrogens (tertiary/aromatic N) is 4. The summed E-state index contributed by atoms with van der Waals surface area (Å²) in [6.07, 6.45) is 4.15. The monoisotopic (exact) mass is 494 g/mol. The van der Waals surface area contributed by atoms with E-state index >= 15 is 0 Å². The molecule has 4 aromatic rings. The molecule has 34 heavy (non-hydrogen) atoms. The lowest BCUT2D eigenvalue weighted by atomic mass is 9.97. The molecule has 0 unspecified atom stereocenters. The summed E-state index contributed by atoms with van der Waals surface area (Å²) in [5, 5.41) is 1.31. The molecule has 3 aromatic heterocycles. The van der Waals surface area contributed by atoms with E-state index < -0.39 is 0 Å². The standard InChI is InChI=1S/C25H26N4O3S2/c1-14-9-10-18(15(2)11-14)29-23(31)21-17-7-5-6-8-19(17)34-22(21)26-24(29)33-13-16-12-20(30)28(4)25(32)27(16)3/h9-12H,5-8,13H2,1-4H3. The van der Waals surface area contributed by atoms with Crippen LogP contribution < -0.4 is 16.8 Å². The molecular weight excluding hydrogens is 468 g/mol. The average molecular weight is 495 g/mol. The predicted molar refractivity (Wildman–Crippen MR) is 138 cm³/mol. The fraction of sp³-hybridized carbons (Fsp3) is 0.360. The molecular formula is C25H26N4O3S2. The first-order valence-corrected chi connectivity index (χ1v) is 13.1. The molecule has 0 bridgehead atoms. The molecule has 3 heterocycles. The van der Waals surface area contributed by atoms with Gasteiger partial charge in [0.2, 0.25) is 0 Å². The van der Waals surface area contributed by atoms with Crippen molar-refractivity contribution in [1.29, 1.82) is 0 Å². The summed E-state index contributed by atoms with van der Waals surface area (Å²) < 4.78 is 4.26. The number of aryl methyl sites for hydroxylation is 4. The van der Waals surface area contributed by atoms with Gasteiger partial charge in [-0.1, -0.05) is 29.5 Å². The second-order valence-electron chi connectivity index (χ2n) is 8.88. The van der Waals surface area contributed by atoms with Gasteiger partial charge in [-0.3, -0.25) is 23.3 Å². The van der Waals surface area contributed by atoms with Gasteiger partial charge >= 0.3 is 5.69 Å². The second kappa shape index (κ2) is 8.70. The van der Waals surface area contributed by atoms with Crippen molar-refractivity contribution in [3.8, 4) is 5.69 Å². The SMILES string of the molecule is Cc1ccc(-n2c(SCc3cc(=O)n(C)c(=O)n3C)nc3sc4c(c3c2=O)CCCC4)c(C)c1. The van der Waals surface area contributed by atoms with Gasteiger partial charge in [0.1, 0.15) is 4.83 Å². The van der Waals surface area contributed by atoms with Crippen LogP contribution in [0.25, 0.3) is 15.9 Å². The molecule has 0 radical (unpaired) electrons. The van der Waals surface area contributed by atoms with Crippen molar-refractivity contribution in [3.63, 3.8) is 0 Å². The van der Waals surface area contributed by atoms with E-state index in [1.165, 1.54) is 34.3 Å². The lowest BCUT2D eigenvalue weighted by Crippen LogP contribution is -2.37. The minimum Gasteiger partial charge on any atom is -0.300 e. The molecule has 5 rings (SSSR count). The molecule has 0 saturated heterocycles. The van der Waals surface area contributed by atoms with Gasteiger partial charge in [0.25, 0.3) is 11.1 Å². The van der Waals surface area contributed by atoms with Crippen molar-refractivity contribution >= 4 is 33.3 Å². The Hall–Kier alpha value is -2.91. The molecule has 0 atom stereocenters. The Morgan fingerprint density at radius 3 is 2.56 bits per heavy atom. The highest BCUT2D eigenvalue weighted by molar-refractivity contribution is 7.98. The number of rotatable bonds is 4. The molecule has 176 valence electrons. The van der Waals surface area contributed by atoms with Crippen LogP contribution in [0.15, 0.2) is 43.8 Å². The molecule has 0 amide bonds. The van der Waals surface area contributed by atoms with E-state index in [2.05, 4.69) is 6.07 Å². The van der Waals surface area contributed by atoms with E-state index in [4.69, 9.17) is 4.98 Å². The van der Waals surface area contributed by atoms with E-state index in [1.54, 1.807) is 23.0 Å². The first-order valence-electron chi connectivity index (χ1n) is 11.3. The lowest BCUT2D eigenvalue weighted by Gasteiger charge is -2.16. The Kier molecular flexibility index (Phi) is 5.85. The minimum atomic E-state index is -0.371. The summed E-state index contributed by atoms with van der Waals surface area (Å²) in [4.78, 5) is 45.5. The number of hydrogen-bond acceptors (Lipinski definition) is 6. The van der Waals surface area contributed by atoms with Gasteiger partial charge in [-0.15, -0.1) is 11.3 Å². The second-order valence-corrected chi connectivity index (χ2v) is 10.9. The lowest BCUT2D eigenvalue weighted by molar-refractivity contribution is 0.664. The summed E-state index contributed by atoms with van der Waals surface area (Å²) in [5.41, 5.74) is 3.91. The first kappa shape index (κ1) is 22.9. The van der Waals surface area contributed by atoms with Gasteiger partial charge in [0.15, 0.2) is 5.16 Å². The Labute approximate surface area is 204 Å². The van der Waals surface area contributed by atoms with Gasteiger partial charge in [0.05, 0.1) is 11.1 Å². The molecule has 0 N–H and O–H groups in total. The molecule has 1 aromatic carbocycles. The average Bonchev–Trinajstić information content (AvgIpc) is 3.18. The van der Waals surface area contributed by atoms with E-state index in [1.807, 2.05) is 26.0 Å². The molecule has 0 aliphatic heterocycles. The van der Waals surface area contributed by atoms with Gasteiger partial charge in [-0.25, -0.2) is 9.78 Å².